The van der Waals surface area contributed by atoms with Gasteiger partial charge < -0.3 is 20.1 Å². The average Bonchev–Trinajstić information content (AvgIpc) is 2.70. The molecular formula is C11H20N2O4. The Morgan fingerprint density at radius 2 is 2.12 bits per heavy atom. The molecule has 17 heavy (non-hydrogen) atoms. The van der Waals surface area contributed by atoms with Gasteiger partial charge >= 0.3 is 5.97 Å². The maximum Gasteiger partial charge on any atom is 0.325 e. The number of amides is 1. The SMILES string of the molecule is COC(=O)CN(C(=O)C1COCC1N)C(C)C. The van der Waals surface area contributed by atoms with Crippen LogP contribution in [0.15, 0.2) is 0 Å². The van der Waals surface area contributed by atoms with Gasteiger partial charge in [0, 0.05) is 12.1 Å². The van der Waals surface area contributed by atoms with Crippen molar-refractivity contribution in [3.8, 4) is 0 Å². The molecular weight excluding hydrogens is 224 g/mol. The van der Waals surface area contributed by atoms with E-state index in [1.165, 1.54) is 12.0 Å². The van der Waals surface area contributed by atoms with E-state index < -0.39 is 5.97 Å². The van der Waals surface area contributed by atoms with E-state index in [0.29, 0.717) is 13.2 Å². The summed E-state index contributed by atoms with van der Waals surface area (Å²) < 4.78 is 9.74. The van der Waals surface area contributed by atoms with Crippen molar-refractivity contribution in [3.63, 3.8) is 0 Å². The minimum atomic E-state index is -0.431. The fourth-order valence-electron chi connectivity index (χ4n) is 1.76. The fourth-order valence-corrected chi connectivity index (χ4v) is 1.76. The van der Waals surface area contributed by atoms with Gasteiger partial charge in [-0.2, -0.15) is 0 Å². The molecule has 1 rings (SSSR count). The topological polar surface area (TPSA) is 81.9 Å². The van der Waals surface area contributed by atoms with E-state index in [9.17, 15) is 9.59 Å². The molecule has 1 amide bonds. The molecule has 2 atom stereocenters. The fraction of sp³-hybridized carbons (Fsp3) is 0.818. The van der Waals surface area contributed by atoms with Crippen LogP contribution < -0.4 is 5.73 Å². The summed E-state index contributed by atoms with van der Waals surface area (Å²) in [4.78, 5) is 24.9. The minimum absolute atomic E-state index is 0.0454. The van der Waals surface area contributed by atoms with E-state index in [-0.39, 0.29) is 30.5 Å². The quantitative estimate of drug-likeness (QED) is 0.666. The summed E-state index contributed by atoms with van der Waals surface area (Å²) in [6, 6.07) is -0.365. The second-order valence-corrected chi connectivity index (χ2v) is 4.44. The zero-order chi connectivity index (χ0) is 13.0. The van der Waals surface area contributed by atoms with Crippen LogP contribution in [0.25, 0.3) is 0 Å². The lowest BCUT2D eigenvalue weighted by Gasteiger charge is -2.28. The highest BCUT2D eigenvalue weighted by atomic mass is 16.5. The van der Waals surface area contributed by atoms with Crippen molar-refractivity contribution < 1.29 is 19.1 Å². The summed E-state index contributed by atoms with van der Waals surface area (Å²) in [6.45, 7) is 4.37. The number of methoxy groups -OCH3 is 1. The van der Waals surface area contributed by atoms with Crippen LogP contribution >= 0.6 is 0 Å². The molecule has 6 nitrogen and oxygen atoms in total. The second kappa shape index (κ2) is 5.97. The van der Waals surface area contributed by atoms with Gasteiger partial charge in [0.2, 0.25) is 5.91 Å². The summed E-state index contributed by atoms with van der Waals surface area (Å²) in [6.07, 6.45) is 0. The Morgan fingerprint density at radius 1 is 1.47 bits per heavy atom. The number of carbonyl (C=O) groups excluding carboxylic acids is 2. The normalized spacial score (nSPS) is 23.8. The first-order chi connectivity index (χ1) is 7.97. The van der Waals surface area contributed by atoms with Crippen LogP contribution in [0, 0.1) is 5.92 Å². The van der Waals surface area contributed by atoms with Crippen molar-refractivity contribution in [1.29, 1.82) is 0 Å². The standard InChI is InChI=1S/C11H20N2O4/c1-7(2)13(4-10(14)16-3)11(15)8-5-17-6-9(8)12/h7-9H,4-6,12H2,1-3H3. The first-order valence-electron chi connectivity index (χ1n) is 5.68. The van der Waals surface area contributed by atoms with Crippen molar-refractivity contribution in [2.45, 2.75) is 25.9 Å². The number of carbonyl (C=O) groups is 2. The van der Waals surface area contributed by atoms with Crippen LogP contribution in [0.1, 0.15) is 13.8 Å². The Morgan fingerprint density at radius 3 is 2.53 bits per heavy atom. The van der Waals surface area contributed by atoms with E-state index >= 15 is 0 Å². The molecule has 0 aromatic carbocycles. The molecule has 1 saturated heterocycles. The number of esters is 1. The summed E-state index contributed by atoms with van der Waals surface area (Å²) in [5, 5.41) is 0. The molecule has 0 aromatic heterocycles. The monoisotopic (exact) mass is 244 g/mol. The summed E-state index contributed by atoms with van der Waals surface area (Å²) >= 11 is 0. The third kappa shape index (κ3) is 3.41. The van der Waals surface area contributed by atoms with E-state index in [2.05, 4.69) is 4.74 Å². The molecule has 1 aliphatic heterocycles. The smallest absolute Gasteiger partial charge is 0.325 e. The number of nitrogens with zero attached hydrogens (tertiary/aromatic N) is 1. The van der Waals surface area contributed by atoms with Crippen molar-refractivity contribution in [3.05, 3.63) is 0 Å². The average molecular weight is 244 g/mol. The van der Waals surface area contributed by atoms with Crippen LogP contribution in [-0.2, 0) is 19.1 Å². The Balaban J connectivity index is 2.69. The minimum Gasteiger partial charge on any atom is -0.468 e. The van der Waals surface area contributed by atoms with E-state index in [1.54, 1.807) is 0 Å². The van der Waals surface area contributed by atoms with Gasteiger partial charge in [0.1, 0.15) is 6.54 Å². The zero-order valence-corrected chi connectivity index (χ0v) is 10.5. The zero-order valence-electron chi connectivity index (χ0n) is 10.5. The largest absolute Gasteiger partial charge is 0.468 e. The van der Waals surface area contributed by atoms with Gasteiger partial charge in [0.25, 0.3) is 0 Å². The first kappa shape index (κ1) is 13.9. The molecule has 98 valence electrons. The van der Waals surface area contributed by atoms with E-state index in [4.69, 9.17) is 10.5 Å². The molecule has 2 unspecified atom stereocenters. The van der Waals surface area contributed by atoms with Crippen molar-refractivity contribution >= 4 is 11.9 Å². The van der Waals surface area contributed by atoms with Gasteiger partial charge in [-0.15, -0.1) is 0 Å². The van der Waals surface area contributed by atoms with Crippen molar-refractivity contribution in [2.75, 3.05) is 26.9 Å². The van der Waals surface area contributed by atoms with Gasteiger partial charge in [0.05, 0.1) is 26.2 Å². The number of hydrogen-bond acceptors (Lipinski definition) is 5. The molecule has 1 aliphatic rings. The van der Waals surface area contributed by atoms with E-state index in [0.717, 1.165) is 0 Å². The van der Waals surface area contributed by atoms with Crippen molar-refractivity contribution in [2.24, 2.45) is 11.7 Å². The molecule has 0 spiro atoms. The van der Waals surface area contributed by atoms with Crippen molar-refractivity contribution in [1.82, 2.24) is 4.90 Å². The molecule has 0 radical (unpaired) electrons. The second-order valence-electron chi connectivity index (χ2n) is 4.44. The van der Waals surface area contributed by atoms with Gasteiger partial charge in [-0.05, 0) is 13.8 Å². The number of nitrogens with two attached hydrogens (primary N) is 1. The predicted molar refractivity (Wildman–Crippen MR) is 61.1 cm³/mol. The summed E-state index contributed by atoms with van der Waals surface area (Å²) in [5.74, 6) is -0.933. The maximum absolute atomic E-state index is 12.2. The van der Waals surface area contributed by atoms with Gasteiger partial charge in [-0.25, -0.2) is 0 Å². The lowest BCUT2D eigenvalue weighted by Crippen LogP contribution is -2.48. The highest BCUT2D eigenvalue weighted by Gasteiger charge is 2.35. The Hall–Kier alpha value is -1.14. The van der Waals surface area contributed by atoms with Crippen LogP contribution in [0.3, 0.4) is 0 Å². The molecule has 0 bridgehead atoms. The van der Waals surface area contributed by atoms with Crippen LogP contribution in [0.2, 0.25) is 0 Å². The lowest BCUT2D eigenvalue weighted by atomic mass is 10.0. The van der Waals surface area contributed by atoms with E-state index in [1.807, 2.05) is 13.8 Å². The lowest BCUT2D eigenvalue weighted by molar-refractivity contribution is -0.150. The number of ether oxygens (including phenoxy) is 2. The third-order valence-electron chi connectivity index (χ3n) is 2.88. The van der Waals surface area contributed by atoms with Crippen LogP contribution in [-0.4, -0.2) is 55.7 Å². The third-order valence-corrected chi connectivity index (χ3v) is 2.88. The molecule has 0 saturated carbocycles. The van der Waals surface area contributed by atoms with Crippen LogP contribution in [0.5, 0.6) is 0 Å². The molecule has 0 aromatic rings. The first-order valence-corrected chi connectivity index (χ1v) is 5.68. The van der Waals surface area contributed by atoms with Gasteiger partial charge in [0.15, 0.2) is 0 Å². The summed E-state index contributed by atoms with van der Waals surface area (Å²) in [5.41, 5.74) is 5.79. The molecule has 1 fully saturated rings. The molecule has 2 N–H and O–H groups in total. The highest BCUT2D eigenvalue weighted by Crippen LogP contribution is 2.16. The van der Waals surface area contributed by atoms with Gasteiger partial charge in [-0.1, -0.05) is 0 Å². The Kier molecular flexibility index (Phi) is 4.89. The highest BCUT2D eigenvalue weighted by molar-refractivity contribution is 5.84. The maximum atomic E-state index is 12.2. The summed E-state index contributed by atoms with van der Waals surface area (Å²) in [7, 11) is 1.30. The number of rotatable bonds is 4. The molecule has 1 heterocycles. The van der Waals surface area contributed by atoms with Crippen LogP contribution in [0.4, 0.5) is 0 Å². The Labute approximate surface area is 101 Å². The predicted octanol–water partition coefficient (Wildman–Crippen LogP) is -0.630. The molecule has 0 aliphatic carbocycles. The van der Waals surface area contributed by atoms with Gasteiger partial charge in [-0.3, -0.25) is 9.59 Å². The molecule has 6 heteroatoms. The Bertz CT molecular complexity index is 293. The number of hydrogen-bond donors (Lipinski definition) is 1.